The number of aryl methyl sites for hydroxylation is 1. The largest absolute Gasteiger partial charge is 0.392 e. The molecule has 1 aliphatic rings. The summed E-state index contributed by atoms with van der Waals surface area (Å²) < 4.78 is 1.10. The molecule has 0 saturated heterocycles. The van der Waals surface area contributed by atoms with Crippen molar-refractivity contribution < 1.29 is 5.11 Å². The number of hydrogen-bond donors (Lipinski definition) is 2. The molecule has 2 atom stereocenters. The number of benzene rings is 1. The van der Waals surface area contributed by atoms with Gasteiger partial charge in [0.25, 0.3) is 0 Å². The van der Waals surface area contributed by atoms with Crippen LogP contribution in [0.1, 0.15) is 25.8 Å². The highest BCUT2D eigenvalue weighted by atomic mass is 79.9. The number of anilines is 1. The van der Waals surface area contributed by atoms with Crippen molar-refractivity contribution in [3.8, 4) is 0 Å². The number of aliphatic hydroxyl groups excluding tert-OH is 1. The van der Waals surface area contributed by atoms with Crippen LogP contribution in [0.4, 0.5) is 5.69 Å². The summed E-state index contributed by atoms with van der Waals surface area (Å²) in [4.78, 5) is 0. The van der Waals surface area contributed by atoms with Crippen molar-refractivity contribution in [2.75, 3.05) is 5.32 Å². The molecule has 1 aliphatic carbocycles. The highest BCUT2D eigenvalue weighted by Gasteiger charge is 2.47. The van der Waals surface area contributed by atoms with Crippen LogP contribution < -0.4 is 5.32 Å². The molecule has 88 valence electrons. The highest BCUT2D eigenvalue weighted by molar-refractivity contribution is 9.10. The van der Waals surface area contributed by atoms with Gasteiger partial charge in [0.05, 0.1) is 6.10 Å². The Morgan fingerprint density at radius 2 is 2.12 bits per heavy atom. The van der Waals surface area contributed by atoms with E-state index in [4.69, 9.17) is 0 Å². The highest BCUT2D eigenvalue weighted by Crippen LogP contribution is 2.42. The lowest BCUT2D eigenvalue weighted by Gasteiger charge is -2.50. The fraction of sp³-hybridized carbons (Fsp3) is 0.538. The Hall–Kier alpha value is -0.540. The molecule has 0 amide bonds. The van der Waals surface area contributed by atoms with Crippen molar-refractivity contribution in [2.24, 2.45) is 5.41 Å². The minimum atomic E-state index is -0.180. The van der Waals surface area contributed by atoms with Gasteiger partial charge in [0.1, 0.15) is 0 Å². The van der Waals surface area contributed by atoms with Crippen LogP contribution in [0.25, 0.3) is 0 Å². The standard InChI is InChI=1S/C13H18BrNO/c1-8-6-9(14)4-5-10(8)15-11-7-12(16)13(11,2)3/h4-6,11-12,15-16H,7H2,1-3H3. The van der Waals surface area contributed by atoms with Gasteiger partial charge in [-0.25, -0.2) is 0 Å². The smallest absolute Gasteiger partial charge is 0.0630 e. The first-order valence-electron chi connectivity index (χ1n) is 5.62. The molecule has 0 bridgehead atoms. The molecule has 1 aromatic rings. The van der Waals surface area contributed by atoms with Crippen LogP contribution in [0, 0.1) is 12.3 Å². The molecule has 1 saturated carbocycles. The van der Waals surface area contributed by atoms with Gasteiger partial charge in [-0.1, -0.05) is 29.8 Å². The summed E-state index contributed by atoms with van der Waals surface area (Å²) in [6.45, 7) is 6.30. The molecule has 1 aromatic carbocycles. The van der Waals surface area contributed by atoms with Gasteiger partial charge in [-0.2, -0.15) is 0 Å². The molecule has 0 aromatic heterocycles. The Labute approximate surface area is 105 Å². The molecule has 16 heavy (non-hydrogen) atoms. The van der Waals surface area contributed by atoms with Gasteiger partial charge in [-0.3, -0.25) is 0 Å². The zero-order valence-electron chi connectivity index (χ0n) is 9.92. The molecule has 2 unspecified atom stereocenters. The lowest BCUT2D eigenvalue weighted by atomic mass is 9.64. The first-order chi connectivity index (χ1) is 7.41. The molecule has 0 radical (unpaired) electrons. The van der Waals surface area contributed by atoms with E-state index in [1.807, 2.05) is 6.07 Å². The molecule has 2 N–H and O–H groups in total. The molecule has 0 heterocycles. The van der Waals surface area contributed by atoms with Crippen molar-refractivity contribution in [3.05, 3.63) is 28.2 Å². The van der Waals surface area contributed by atoms with Gasteiger partial charge in [-0.15, -0.1) is 0 Å². The third kappa shape index (κ3) is 1.98. The second kappa shape index (κ2) is 4.04. The average Bonchev–Trinajstić information content (AvgIpc) is 2.21. The maximum atomic E-state index is 9.69. The van der Waals surface area contributed by atoms with Crippen LogP contribution in [0.5, 0.6) is 0 Å². The quantitative estimate of drug-likeness (QED) is 0.873. The number of rotatable bonds is 2. The van der Waals surface area contributed by atoms with Gasteiger partial charge in [0, 0.05) is 21.6 Å². The van der Waals surface area contributed by atoms with Gasteiger partial charge in [0.2, 0.25) is 0 Å². The van der Waals surface area contributed by atoms with Crippen LogP contribution in [-0.2, 0) is 0 Å². The lowest BCUT2D eigenvalue weighted by Crippen LogP contribution is -2.56. The third-order valence-electron chi connectivity index (χ3n) is 3.73. The lowest BCUT2D eigenvalue weighted by molar-refractivity contribution is -0.0510. The number of hydrogen-bond acceptors (Lipinski definition) is 2. The molecule has 3 heteroatoms. The van der Waals surface area contributed by atoms with Crippen molar-refractivity contribution >= 4 is 21.6 Å². The van der Waals surface area contributed by atoms with E-state index in [1.54, 1.807) is 0 Å². The fourth-order valence-electron chi connectivity index (χ4n) is 2.12. The molecule has 1 fully saturated rings. The van der Waals surface area contributed by atoms with Crippen molar-refractivity contribution in [2.45, 2.75) is 39.3 Å². The van der Waals surface area contributed by atoms with Crippen LogP contribution in [0.15, 0.2) is 22.7 Å². The van der Waals surface area contributed by atoms with Gasteiger partial charge in [-0.05, 0) is 37.1 Å². The first-order valence-corrected chi connectivity index (χ1v) is 6.41. The Bertz CT molecular complexity index is 403. The molecule has 0 spiro atoms. The summed E-state index contributed by atoms with van der Waals surface area (Å²) in [5.74, 6) is 0. The summed E-state index contributed by atoms with van der Waals surface area (Å²) in [5.41, 5.74) is 2.36. The number of halogens is 1. The van der Waals surface area contributed by atoms with Gasteiger partial charge >= 0.3 is 0 Å². The van der Waals surface area contributed by atoms with Crippen molar-refractivity contribution in [1.29, 1.82) is 0 Å². The van der Waals surface area contributed by atoms with E-state index in [-0.39, 0.29) is 11.5 Å². The summed E-state index contributed by atoms with van der Waals surface area (Å²) >= 11 is 3.46. The molecule has 0 aliphatic heterocycles. The monoisotopic (exact) mass is 283 g/mol. The Balaban J connectivity index is 2.11. The van der Waals surface area contributed by atoms with E-state index in [0.29, 0.717) is 6.04 Å². The maximum absolute atomic E-state index is 9.69. The van der Waals surface area contributed by atoms with Crippen molar-refractivity contribution in [1.82, 2.24) is 0 Å². The fourth-order valence-corrected chi connectivity index (χ4v) is 2.60. The van der Waals surface area contributed by atoms with E-state index in [1.165, 1.54) is 5.56 Å². The SMILES string of the molecule is Cc1cc(Br)ccc1NC1CC(O)C1(C)C. The van der Waals surface area contributed by atoms with Crippen LogP contribution in [0.3, 0.4) is 0 Å². The van der Waals surface area contributed by atoms with Gasteiger partial charge < -0.3 is 10.4 Å². The minimum absolute atomic E-state index is 0.0283. The number of aliphatic hydroxyl groups is 1. The molecular formula is C13H18BrNO. The Morgan fingerprint density at radius 3 is 2.62 bits per heavy atom. The summed E-state index contributed by atoms with van der Waals surface area (Å²) in [5, 5.41) is 13.2. The molecule has 2 rings (SSSR count). The van der Waals surface area contributed by atoms with Crippen LogP contribution in [0.2, 0.25) is 0 Å². The zero-order valence-corrected chi connectivity index (χ0v) is 11.5. The average molecular weight is 284 g/mol. The minimum Gasteiger partial charge on any atom is -0.392 e. The Kier molecular flexibility index (Phi) is 3.01. The van der Waals surface area contributed by atoms with Crippen molar-refractivity contribution in [3.63, 3.8) is 0 Å². The van der Waals surface area contributed by atoms with E-state index in [2.05, 4.69) is 54.2 Å². The van der Waals surface area contributed by atoms with E-state index >= 15 is 0 Å². The van der Waals surface area contributed by atoms with Gasteiger partial charge in [0.15, 0.2) is 0 Å². The number of nitrogens with one attached hydrogen (secondary N) is 1. The third-order valence-corrected chi connectivity index (χ3v) is 4.23. The molecular weight excluding hydrogens is 266 g/mol. The zero-order chi connectivity index (χ0) is 11.9. The first kappa shape index (κ1) is 11.9. The van der Waals surface area contributed by atoms with E-state index < -0.39 is 0 Å². The maximum Gasteiger partial charge on any atom is 0.0630 e. The van der Waals surface area contributed by atoms with Crippen LogP contribution >= 0.6 is 15.9 Å². The van der Waals surface area contributed by atoms with Crippen LogP contribution in [-0.4, -0.2) is 17.3 Å². The second-order valence-corrected chi connectivity index (χ2v) is 6.14. The van der Waals surface area contributed by atoms with E-state index in [0.717, 1.165) is 16.6 Å². The second-order valence-electron chi connectivity index (χ2n) is 5.23. The predicted molar refractivity (Wildman–Crippen MR) is 70.7 cm³/mol. The Morgan fingerprint density at radius 1 is 1.44 bits per heavy atom. The summed E-state index contributed by atoms with van der Waals surface area (Å²) in [6.07, 6.45) is 0.656. The molecule has 2 nitrogen and oxygen atoms in total. The summed E-state index contributed by atoms with van der Waals surface area (Å²) in [7, 11) is 0. The summed E-state index contributed by atoms with van der Waals surface area (Å²) in [6, 6.07) is 6.59. The predicted octanol–water partition coefficient (Wildman–Crippen LogP) is 3.33. The topological polar surface area (TPSA) is 32.3 Å². The normalized spacial score (nSPS) is 27.3. The van der Waals surface area contributed by atoms with E-state index in [9.17, 15) is 5.11 Å².